The zero-order valence-electron chi connectivity index (χ0n) is 17.2. The topological polar surface area (TPSA) is 101 Å². The van der Waals surface area contributed by atoms with Crippen molar-refractivity contribution in [3.63, 3.8) is 0 Å². The summed E-state index contributed by atoms with van der Waals surface area (Å²) in [5.41, 5.74) is 6.53. The van der Waals surface area contributed by atoms with E-state index in [0.717, 1.165) is 50.7 Å². The molecule has 3 rings (SSSR count). The number of benzene rings is 1. The normalized spacial score (nSPS) is 16.8. The van der Waals surface area contributed by atoms with Crippen LogP contribution in [0.4, 0.5) is 13.2 Å². The number of nitrogens with zero attached hydrogens (tertiary/aromatic N) is 2. The van der Waals surface area contributed by atoms with Gasteiger partial charge in [-0.3, -0.25) is 4.99 Å². The van der Waals surface area contributed by atoms with E-state index in [4.69, 9.17) is 5.73 Å². The Labute approximate surface area is 178 Å². The van der Waals surface area contributed by atoms with Crippen molar-refractivity contribution in [2.45, 2.75) is 26.1 Å². The zero-order chi connectivity index (χ0) is 22.4. The molecule has 1 fully saturated rings. The summed E-state index contributed by atoms with van der Waals surface area (Å²) in [4.78, 5) is 12.8. The first kappa shape index (κ1) is 22.7. The van der Waals surface area contributed by atoms with Gasteiger partial charge in [-0.15, -0.1) is 13.2 Å². The molecule has 0 aliphatic carbocycles. The van der Waals surface area contributed by atoms with Crippen LogP contribution in [0, 0.1) is 5.92 Å². The average Bonchev–Trinajstić information content (AvgIpc) is 3.20. The number of H-pyrrole nitrogens is 2. The Morgan fingerprint density at radius 1 is 1.39 bits per heavy atom. The van der Waals surface area contributed by atoms with Crippen molar-refractivity contribution in [2.75, 3.05) is 26.2 Å². The highest BCUT2D eigenvalue weighted by Crippen LogP contribution is 2.33. The number of aromatic nitrogens is 2. The Morgan fingerprint density at radius 2 is 2.13 bits per heavy atom. The number of amidine groups is 1. The molecule has 2 heterocycles. The maximum atomic E-state index is 12.4. The molecule has 7 nitrogen and oxygen atoms in total. The first-order chi connectivity index (χ1) is 14.7. The molecule has 1 aliphatic rings. The Bertz CT molecular complexity index is 931. The number of alkyl halides is 3. The van der Waals surface area contributed by atoms with Crippen LogP contribution in [0.1, 0.15) is 25.6 Å². The average molecular weight is 438 g/mol. The number of nitrogens with two attached hydrogens (primary N) is 1. The van der Waals surface area contributed by atoms with Crippen LogP contribution in [0.3, 0.4) is 0 Å². The van der Waals surface area contributed by atoms with Crippen molar-refractivity contribution in [1.29, 1.82) is 0 Å². The number of imidazole rings is 1. The minimum atomic E-state index is -4.81. The van der Waals surface area contributed by atoms with Gasteiger partial charge in [-0.2, -0.15) is 0 Å². The Balaban J connectivity index is 1.62. The lowest BCUT2D eigenvalue weighted by Gasteiger charge is -2.30. The molecule has 1 saturated heterocycles. The van der Waals surface area contributed by atoms with Gasteiger partial charge < -0.3 is 20.5 Å². The summed E-state index contributed by atoms with van der Waals surface area (Å²) in [7, 11) is 0. The number of hydrogen-bond donors (Lipinski definition) is 3. The molecule has 5 N–H and O–H groups in total. The molecular weight excluding hydrogens is 411 g/mol. The molecule has 1 aliphatic heterocycles. The van der Waals surface area contributed by atoms with E-state index in [1.165, 1.54) is 6.20 Å². The van der Waals surface area contributed by atoms with Gasteiger partial charge >= 0.3 is 6.36 Å². The maximum Gasteiger partial charge on any atom is 0.573 e. The summed E-state index contributed by atoms with van der Waals surface area (Å²) in [5, 5.41) is 10.0. The highest BCUT2D eigenvalue weighted by atomic mass is 19.4. The summed E-state index contributed by atoms with van der Waals surface area (Å²) in [6.07, 6.45) is 2.27. The van der Waals surface area contributed by atoms with Gasteiger partial charge in [0.1, 0.15) is 23.5 Å². The third kappa shape index (κ3) is 6.74. The van der Waals surface area contributed by atoms with Crippen molar-refractivity contribution in [1.82, 2.24) is 9.88 Å². The molecule has 168 valence electrons. The Kier molecular flexibility index (Phi) is 7.21. The lowest BCUT2D eigenvalue weighted by atomic mass is 9.97. The van der Waals surface area contributed by atoms with Crippen molar-refractivity contribution in [3.8, 4) is 22.8 Å². The number of hydrogen-bond acceptors (Lipinski definition) is 4. The standard InChI is InChI=1S/C21H26F3N5O2/c1-2-29-9-7-14(8-10-29)12-26-19(25)5-6-20-27-13-17(28-20)16-11-15(3-4-18(16)30)31-21(22,23)24/h3-6,11,13-14,30H,2,7-10,12H2,1H3,(H2,25,26)(H,27,28)/p+1/b6-5-. The molecule has 0 bridgehead atoms. The predicted molar refractivity (Wildman–Crippen MR) is 111 cm³/mol. The number of piperidine rings is 1. The number of rotatable bonds is 7. The number of halogens is 3. The second-order valence-corrected chi connectivity index (χ2v) is 7.44. The number of aromatic hydroxyl groups is 1. The van der Waals surface area contributed by atoms with Gasteiger partial charge in [-0.25, -0.2) is 9.97 Å². The molecule has 0 atom stereocenters. The van der Waals surface area contributed by atoms with Gasteiger partial charge in [0, 0.05) is 12.6 Å². The van der Waals surface area contributed by atoms with E-state index < -0.39 is 12.1 Å². The summed E-state index contributed by atoms with van der Waals surface area (Å²) in [6, 6.07) is 3.29. The number of aliphatic imine (C=N–C) groups is 1. The number of likely N-dealkylation sites (tertiary alicyclic amines) is 1. The quantitative estimate of drug-likeness (QED) is 0.456. The number of nitrogens with one attached hydrogen (secondary N) is 2. The van der Waals surface area contributed by atoms with Gasteiger partial charge in [0.05, 0.1) is 5.56 Å². The molecule has 0 radical (unpaired) electrons. The molecule has 0 spiro atoms. The second-order valence-electron chi connectivity index (χ2n) is 7.44. The molecule has 1 aromatic carbocycles. The van der Waals surface area contributed by atoms with Crippen LogP contribution in [0.15, 0.2) is 35.5 Å². The fourth-order valence-corrected chi connectivity index (χ4v) is 3.47. The van der Waals surface area contributed by atoms with Gasteiger partial charge in [-0.1, -0.05) is 6.92 Å². The maximum absolute atomic E-state index is 12.4. The largest absolute Gasteiger partial charge is 0.573 e. The first-order valence-electron chi connectivity index (χ1n) is 10.1. The molecule has 1 aromatic heterocycles. The predicted octanol–water partition coefficient (Wildman–Crippen LogP) is 3.20. The number of phenols is 1. The van der Waals surface area contributed by atoms with Crippen molar-refractivity contribution in [3.05, 3.63) is 36.3 Å². The van der Waals surface area contributed by atoms with E-state index in [9.17, 15) is 18.3 Å². The monoisotopic (exact) mass is 438 g/mol. The van der Waals surface area contributed by atoms with Crippen molar-refractivity contribution in [2.24, 2.45) is 16.6 Å². The van der Waals surface area contributed by atoms with E-state index in [2.05, 4.69) is 31.5 Å². The third-order valence-electron chi connectivity index (χ3n) is 5.24. The Morgan fingerprint density at radius 3 is 2.81 bits per heavy atom. The molecular formula is C21H27F3N5O2+. The SMILES string of the molecule is CCN1CCC(CN=C(N)/C=C\c2[nH]c(-c3cc(OC(F)(F)F)ccc3O)c[nH+]2)CC1. The van der Waals surface area contributed by atoms with Crippen LogP contribution in [0.2, 0.25) is 0 Å². The second kappa shape index (κ2) is 9.86. The van der Waals surface area contributed by atoms with E-state index in [0.29, 0.717) is 29.8 Å². The number of ether oxygens (including phenoxy) is 1. The molecule has 0 saturated carbocycles. The van der Waals surface area contributed by atoms with Crippen LogP contribution in [-0.2, 0) is 0 Å². The number of phenolic OH excluding ortho intramolecular Hbond substituents is 1. The zero-order valence-corrected chi connectivity index (χ0v) is 17.2. The van der Waals surface area contributed by atoms with Gasteiger partial charge in [0.2, 0.25) is 0 Å². The van der Waals surface area contributed by atoms with Crippen molar-refractivity contribution < 1.29 is 28.0 Å². The summed E-state index contributed by atoms with van der Waals surface area (Å²) >= 11 is 0. The molecule has 2 aromatic rings. The van der Waals surface area contributed by atoms with E-state index >= 15 is 0 Å². The fraction of sp³-hybridized carbons (Fsp3) is 0.429. The molecule has 31 heavy (non-hydrogen) atoms. The smallest absolute Gasteiger partial charge is 0.507 e. The molecule has 0 unspecified atom stereocenters. The van der Waals surface area contributed by atoms with Crippen molar-refractivity contribution >= 4 is 11.9 Å². The summed E-state index contributed by atoms with van der Waals surface area (Å²) in [5.74, 6) is 0.869. The van der Waals surface area contributed by atoms with Crippen LogP contribution >= 0.6 is 0 Å². The van der Waals surface area contributed by atoms with E-state index in [1.54, 1.807) is 12.2 Å². The van der Waals surface area contributed by atoms with E-state index in [1.807, 2.05) is 0 Å². The molecule has 0 amide bonds. The number of aromatic amines is 2. The highest BCUT2D eigenvalue weighted by Gasteiger charge is 2.31. The molecule has 10 heteroatoms. The lowest BCUT2D eigenvalue weighted by molar-refractivity contribution is -0.378. The fourth-order valence-electron chi connectivity index (χ4n) is 3.47. The lowest BCUT2D eigenvalue weighted by Crippen LogP contribution is -2.34. The summed E-state index contributed by atoms with van der Waals surface area (Å²) < 4.78 is 41.2. The van der Waals surface area contributed by atoms with Gasteiger partial charge in [0.15, 0.2) is 5.69 Å². The minimum absolute atomic E-state index is 0.165. The first-order valence-corrected chi connectivity index (χ1v) is 10.1. The third-order valence-corrected chi connectivity index (χ3v) is 5.24. The minimum Gasteiger partial charge on any atom is -0.507 e. The summed E-state index contributed by atoms with van der Waals surface area (Å²) in [6.45, 7) is 6.11. The van der Waals surface area contributed by atoms with Gasteiger partial charge in [-0.05, 0) is 62.7 Å². The highest BCUT2D eigenvalue weighted by molar-refractivity contribution is 5.94. The Hall–Kier alpha value is -3.01. The van der Waals surface area contributed by atoms with Crippen LogP contribution < -0.4 is 15.5 Å². The van der Waals surface area contributed by atoms with Gasteiger partial charge in [0.25, 0.3) is 5.82 Å². The van der Waals surface area contributed by atoms with E-state index in [-0.39, 0.29) is 11.3 Å². The van der Waals surface area contributed by atoms with Crippen LogP contribution in [0.5, 0.6) is 11.5 Å². The van der Waals surface area contributed by atoms with Crippen LogP contribution in [0.25, 0.3) is 17.3 Å². The van der Waals surface area contributed by atoms with Crippen LogP contribution in [-0.4, -0.2) is 53.4 Å².